The van der Waals surface area contributed by atoms with Crippen molar-refractivity contribution < 1.29 is 9.53 Å². The van der Waals surface area contributed by atoms with Crippen molar-refractivity contribution >= 4 is 39.3 Å². The van der Waals surface area contributed by atoms with Crippen molar-refractivity contribution in [3.05, 3.63) is 42.5 Å². The molecule has 0 fully saturated rings. The van der Waals surface area contributed by atoms with E-state index in [0.29, 0.717) is 25.2 Å². The van der Waals surface area contributed by atoms with Crippen molar-refractivity contribution in [2.24, 2.45) is 5.73 Å². The molecule has 124 valence electrons. The van der Waals surface area contributed by atoms with Crippen LogP contribution >= 0.6 is 0 Å². The summed E-state index contributed by atoms with van der Waals surface area (Å²) >= 11 is 0. The fourth-order valence-electron chi connectivity index (χ4n) is 2.68. The van der Waals surface area contributed by atoms with Crippen molar-refractivity contribution in [3.8, 4) is 0 Å². The van der Waals surface area contributed by atoms with Gasteiger partial charge in [-0.3, -0.25) is 4.90 Å². The number of amides is 1. The number of pyridine rings is 1. The van der Waals surface area contributed by atoms with Crippen molar-refractivity contribution in [2.75, 3.05) is 30.8 Å². The molecule has 0 spiro atoms. The summed E-state index contributed by atoms with van der Waals surface area (Å²) < 4.78 is 4.87. The molecular weight excluding hydrogens is 304 g/mol. The third kappa shape index (κ3) is 3.09. The van der Waals surface area contributed by atoms with Gasteiger partial charge in [0.15, 0.2) is 0 Å². The number of anilines is 2. The number of benzene rings is 2. The lowest BCUT2D eigenvalue weighted by molar-refractivity contribution is 0.178. The van der Waals surface area contributed by atoms with Gasteiger partial charge in [0.1, 0.15) is 0 Å². The number of hydrogen-bond donors (Lipinski definition) is 2. The zero-order chi connectivity index (χ0) is 17.1. The zero-order valence-corrected chi connectivity index (χ0v) is 13.5. The molecule has 0 unspecified atom stereocenters. The van der Waals surface area contributed by atoms with Crippen LogP contribution in [0.2, 0.25) is 0 Å². The molecule has 0 aliphatic rings. The molecule has 1 heterocycles. The quantitative estimate of drug-likeness (QED) is 0.568. The second-order valence-electron chi connectivity index (χ2n) is 5.58. The van der Waals surface area contributed by atoms with Crippen LogP contribution in [0.5, 0.6) is 0 Å². The molecule has 0 saturated carbocycles. The van der Waals surface area contributed by atoms with Gasteiger partial charge in [-0.25, -0.2) is 9.78 Å². The average Bonchev–Trinajstić information content (AvgIpc) is 2.59. The molecule has 0 saturated heterocycles. The van der Waals surface area contributed by atoms with Gasteiger partial charge >= 0.3 is 6.09 Å². The molecule has 6 heteroatoms. The van der Waals surface area contributed by atoms with E-state index in [2.05, 4.69) is 11.1 Å². The fourth-order valence-corrected chi connectivity index (χ4v) is 2.68. The van der Waals surface area contributed by atoms with E-state index < -0.39 is 6.09 Å². The number of fused-ring (bicyclic) bond motifs is 2. The van der Waals surface area contributed by atoms with Crippen LogP contribution < -0.4 is 16.4 Å². The Morgan fingerprint density at radius 2 is 1.83 bits per heavy atom. The van der Waals surface area contributed by atoms with Gasteiger partial charge in [-0.15, -0.1) is 0 Å². The van der Waals surface area contributed by atoms with Gasteiger partial charge in [0, 0.05) is 28.7 Å². The van der Waals surface area contributed by atoms with Gasteiger partial charge in [-0.1, -0.05) is 12.1 Å². The third-order valence-corrected chi connectivity index (χ3v) is 3.91. The average molecular weight is 324 g/mol. The van der Waals surface area contributed by atoms with Crippen LogP contribution in [0.4, 0.5) is 16.2 Å². The van der Waals surface area contributed by atoms with Crippen molar-refractivity contribution in [1.82, 2.24) is 4.98 Å². The number of hydrogen-bond acceptors (Lipinski definition) is 5. The van der Waals surface area contributed by atoms with Gasteiger partial charge in [0.2, 0.25) is 0 Å². The minimum Gasteiger partial charge on any atom is -0.452 e. The highest BCUT2D eigenvalue weighted by atomic mass is 16.5. The molecule has 0 radical (unpaired) electrons. The van der Waals surface area contributed by atoms with E-state index in [1.807, 2.05) is 36.4 Å². The number of ether oxygens (including phenoxy) is 1. The molecule has 2 aromatic carbocycles. The van der Waals surface area contributed by atoms with Crippen molar-refractivity contribution in [3.63, 3.8) is 0 Å². The van der Waals surface area contributed by atoms with Crippen LogP contribution in [0, 0.1) is 0 Å². The Labute approximate surface area is 140 Å². The molecule has 3 aromatic rings. The first-order valence-corrected chi connectivity index (χ1v) is 7.78. The largest absolute Gasteiger partial charge is 0.452 e. The van der Waals surface area contributed by atoms with Crippen LogP contribution in [0.3, 0.4) is 0 Å². The van der Waals surface area contributed by atoms with Gasteiger partial charge in [0.25, 0.3) is 0 Å². The Hall–Kier alpha value is -2.86. The van der Waals surface area contributed by atoms with Crippen LogP contribution in [0.25, 0.3) is 21.8 Å². The van der Waals surface area contributed by atoms with E-state index in [-0.39, 0.29) is 0 Å². The fraction of sp³-hybridized carbons (Fsp3) is 0.222. The number of carbonyl (C=O) groups is 1. The summed E-state index contributed by atoms with van der Waals surface area (Å²) in [4.78, 5) is 18.3. The maximum Gasteiger partial charge on any atom is 0.413 e. The Bertz CT molecular complexity index is 895. The lowest BCUT2D eigenvalue weighted by Gasteiger charge is -2.21. The standard InChI is InChI=1S/C18H20N4O2/c1-24-18(23)22(8-2-7-19)15-6-4-13-9-12-3-5-14(20)10-16(12)21-17(13)11-15/h3-6,9-11H,2,7-8,19-20H2,1H3. The molecular formula is C18H20N4O2. The smallest absolute Gasteiger partial charge is 0.413 e. The predicted octanol–water partition coefficient (Wildman–Crippen LogP) is 2.89. The highest BCUT2D eigenvalue weighted by Crippen LogP contribution is 2.26. The third-order valence-electron chi connectivity index (χ3n) is 3.91. The van der Waals surface area contributed by atoms with Crippen molar-refractivity contribution in [2.45, 2.75) is 6.42 Å². The van der Waals surface area contributed by atoms with E-state index >= 15 is 0 Å². The molecule has 3 rings (SSSR count). The summed E-state index contributed by atoms with van der Waals surface area (Å²) in [6.07, 6.45) is 0.280. The predicted molar refractivity (Wildman–Crippen MR) is 97.1 cm³/mol. The maximum atomic E-state index is 12.0. The number of aromatic nitrogens is 1. The lowest BCUT2D eigenvalue weighted by Crippen LogP contribution is -2.32. The topological polar surface area (TPSA) is 94.5 Å². The Kier molecular flexibility index (Phi) is 4.48. The maximum absolute atomic E-state index is 12.0. The van der Waals surface area contributed by atoms with Crippen LogP contribution in [0.1, 0.15) is 6.42 Å². The first-order valence-electron chi connectivity index (χ1n) is 7.78. The normalized spacial score (nSPS) is 10.9. The van der Waals surface area contributed by atoms with Gasteiger partial charge in [-0.2, -0.15) is 0 Å². The first-order chi connectivity index (χ1) is 11.6. The minimum atomic E-state index is -0.409. The molecule has 6 nitrogen and oxygen atoms in total. The van der Waals surface area contributed by atoms with Crippen LogP contribution in [-0.2, 0) is 4.74 Å². The van der Waals surface area contributed by atoms with Crippen molar-refractivity contribution in [1.29, 1.82) is 0 Å². The second-order valence-corrected chi connectivity index (χ2v) is 5.58. The zero-order valence-electron chi connectivity index (χ0n) is 13.5. The summed E-state index contributed by atoms with van der Waals surface area (Å²) in [7, 11) is 1.37. The summed E-state index contributed by atoms with van der Waals surface area (Å²) in [6.45, 7) is 0.998. The Morgan fingerprint density at radius 3 is 2.54 bits per heavy atom. The van der Waals surface area contributed by atoms with Gasteiger partial charge < -0.3 is 16.2 Å². The first kappa shape index (κ1) is 16.0. The molecule has 1 amide bonds. The van der Waals surface area contributed by atoms with E-state index in [1.54, 1.807) is 4.90 Å². The van der Waals surface area contributed by atoms with Crippen LogP contribution in [-0.4, -0.2) is 31.3 Å². The molecule has 0 bridgehead atoms. The summed E-state index contributed by atoms with van der Waals surface area (Å²) in [6, 6.07) is 13.4. The number of rotatable bonds is 4. The number of nitrogens with two attached hydrogens (primary N) is 2. The highest BCUT2D eigenvalue weighted by Gasteiger charge is 2.16. The number of methoxy groups -OCH3 is 1. The van der Waals surface area contributed by atoms with E-state index in [0.717, 1.165) is 27.5 Å². The monoisotopic (exact) mass is 324 g/mol. The SMILES string of the molecule is COC(=O)N(CCCN)c1ccc2cc3ccc(N)cc3nc2c1. The number of carbonyl (C=O) groups excluding carboxylic acids is 1. The summed E-state index contributed by atoms with van der Waals surface area (Å²) in [5.74, 6) is 0. The molecule has 0 aliphatic heterocycles. The summed E-state index contributed by atoms with van der Waals surface area (Å²) in [5, 5.41) is 2.03. The number of nitrogens with zero attached hydrogens (tertiary/aromatic N) is 2. The van der Waals surface area contributed by atoms with Gasteiger partial charge in [0.05, 0.1) is 18.1 Å². The van der Waals surface area contributed by atoms with Crippen LogP contribution in [0.15, 0.2) is 42.5 Å². The molecule has 0 aliphatic carbocycles. The molecule has 1 aromatic heterocycles. The second kappa shape index (κ2) is 6.72. The molecule has 0 atom stereocenters. The Balaban J connectivity index is 2.07. The van der Waals surface area contributed by atoms with E-state index in [4.69, 9.17) is 16.2 Å². The van der Waals surface area contributed by atoms with E-state index in [1.165, 1.54) is 7.11 Å². The Morgan fingerprint density at radius 1 is 1.12 bits per heavy atom. The minimum absolute atomic E-state index is 0.409. The molecule has 24 heavy (non-hydrogen) atoms. The molecule has 4 N–H and O–H groups in total. The van der Waals surface area contributed by atoms with Gasteiger partial charge in [-0.05, 0) is 43.3 Å². The number of nitrogen functional groups attached to an aromatic ring is 1. The lowest BCUT2D eigenvalue weighted by atomic mass is 10.1. The summed E-state index contributed by atoms with van der Waals surface area (Å²) in [5.41, 5.74) is 14.4. The highest BCUT2D eigenvalue weighted by molar-refractivity contribution is 5.97. The van der Waals surface area contributed by atoms with E-state index in [9.17, 15) is 4.79 Å².